The first-order valence-electron chi connectivity index (χ1n) is 6.81. The molecule has 1 atom stereocenters. The maximum atomic E-state index is 12.2. The van der Waals surface area contributed by atoms with Crippen molar-refractivity contribution in [2.24, 2.45) is 0 Å². The van der Waals surface area contributed by atoms with Gasteiger partial charge in [0.15, 0.2) is 0 Å². The molecule has 0 radical (unpaired) electrons. The lowest BCUT2D eigenvalue weighted by Gasteiger charge is -2.32. The molecule has 4 nitrogen and oxygen atoms in total. The van der Waals surface area contributed by atoms with Gasteiger partial charge in [0.2, 0.25) is 5.91 Å². The van der Waals surface area contributed by atoms with Gasteiger partial charge in [-0.05, 0) is 24.1 Å². The number of alkyl halides is 1. The highest BCUT2D eigenvalue weighted by atomic mass is 79.9. The monoisotopic (exact) mass is 341 g/mol. The predicted octanol–water partition coefficient (Wildman–Crippen LogP) is 2.25. The summed E-state index contributed by atoms with van der Waals surface area (Å²) in [4.78, 5) is 14.1. The molecule has 1 saturated heterocycles. The fourth-order valence-electron chi connectivity index (χ4n) is 2.24. The van der Waals surface area contributed by atoms with Gasteiger partial charge in [-0.15, -0.1) is 0 Å². The second-order valence-corrected chi connectivity index (χ2v) is 5.48. The van der Waals surface area contributed by atoms with Crippen LogP contribution in [0.1, 0.15) is 12.0 Å². The molecule has 1 fully saturated rings. The van der Waals surface area contributed by atoms with Crippen molar-refractivity contribution < 1.29 is 14.3 Å². The van der Waals surface area contributed by atoms with Gasteiger partial charge in [0.1, 0.15) is 5.75 Å². The molecule has 1 aromatic rings. The number of nitrogens with zero attached hydrogens (tertiary/aromatic N) is 1. The summed E-state index contributed by atoms with van der Waals surface area (Å²) in [6, 6.07) is 7.87. The fraction of sp³-hybridized carbons (Fsp3) is 0.533. The third-order valence-corrected chi connectivity index (χ3v) is 4.17. The van der Waals surface area contributed by atoms with E-state index in [1.807, 2.05) is 29.2 Å². The van der Waals surface area contributed by atoms with Crippen molar-refractivity contribution in [1.82, 2.24) is 4.90 Å². The van der Waals surface area contributed by atoms with Crippen LogP contribution < -0.4 is 4.74 Å². The predicted molar refractivity (Wildman–Crippen MR) is 81.4 cm³/mol. The van der Waals surface area contributed by atoms with Crippen LogP contribution in [-0.4, -0.2) is 49.0 Å². The number of hydrogen-bond donors (Lipinski definition) is 0. The maximum Gasteiger partial charge on any atom is 0.223 e. The first-order chi connectivity index (χ1) is 9.72. The molecule has 110 valence electrons. The van der Waals surface area contributed by atoms with Crippen molar-refractivity contribution in [1.29, 1.82) is 0 Å². The number of aryl methyl sites for hydroxylation is 1. The maximum absolute atomic E-state index is 12.2. The van der Waals surface area contributed by atoms with Crippen molar-refractivity contribution in [3.05, 3.63) is 29.8 Å². The van der Waals surface area contributed by atoms with Crippen LogP contribution in [-0.2, 0) is 16.0 Å². The molecule has 0 N–H and O–H groups in total. The minimum Gasteiger partial charge on any atom is -0.497 e. The zero-order chi connectivity index (χ0) is 14.4. The number of halogens is 1. The topological polar surface area (TPSA) is 38.8 Å². The van der Waals surface area contributed by atoms with Gasteiger partial charge >= 0.3 is 0 Å². The highest BCUT2D eigenvalue weighted by Gasteiger charge is 2.22. The second kappa shape index (κ2) is 7.64. The van der Waals surface area contributed by atoms with E-state index in [1.165, 1.54) is 0 Å². The molecule has 0 aliphatic carbocycles. The molecule has 0 bridgehead atoms. The van der Waals surface area contributed by atoms with Gasteiger partial charge in [0, 0.05) is 24.8 Å². The average Bonchev–Trinajstić information content (AvgIpc) is 2.53. The number of benzene rings is 1. The van der Waals surface area contributed by atoms with Crippen molar-refractivity contribution in [3.63, 3.8) is 0 Å². The summed E-state index contributed by atoms with van der Waals surface area (Å²) in [5.74, 6) is 1.04. The lowest BCUT2D eigenvalue weighted by Crippen LogP contribution is -2.46. The highest BCUT2D eigenvalue weighted by molar-refractivity contribution is 9.09. The van der Waals surface area contributed by atoms with Crippen LogP contribution in [0.2, 0.25) is 0 Å². The quantitative estimate of drug-likeness (QED) is 0.771. The summed E-state index contributed by atoms with van der Waals surface area (Å²) in [6.07, 6.45) is 1.43. The molecule has 1 aromatic carbocycles. The van der Waals surface area contributed by atoms with Gasteiger partial charge in [0.25, 0.3) is 0 Å². The lowest BCUT2D eigenvalue weighted by molar-refractivity contribution is -0.137. The molecule has 1 amide bonds. The smallest absolute Gasteiger partial charge is 0.223 e. The number of rotatable bonds is 5. The Labute approximate surface area is 128 Å². The number of methoxy groups -OCH3 is 1. The van der Waals surface area contributed by atoms with Crippen LogP contribution in [0.4, 0.5) is 0 Å². The van der Waals surface area contributed by atoms with E-state index in [9.17, 15) is 4.79 Å². The first-order valence-corrected chi connectivity index (χ1v) is 7.93. The molecule has 1 unspecified atom stereocenters. The Balaban J connectivity index is 1.81. The molecule has 5 heteroatoms. The Hall–Kier alpha value is -1.07. The Kier molecular flexibility index (Phi) is 5.86. The summed E-state index contributed by atoms with van der Waals surface area (Å²) in [7, 11) is 1.65. The van der Waals surface area contributed by atoms with E-state index in [1.54, 1.807) is 7.11 Å². The third kappa shape index (κ3) is 4.21. The molecule has 0 spiro atoms. The number of hydrogen-bond acceptors (Lipinski definition) is 3. The molecule has 0 aromatic heterocycles. The Bertz CT molecular complexity index is 435. The van der Waals surface area contributed by atoms with Crippen LogP contribution in [0, 0.1) is 0 Å². The van der Waals surface area contributed by atoms with E-state index < -0.39 is 0 Å². The zero-order valence-corrected chi connectivity index (χ0v) is 13.3. The second-order valence-electron chi connectivity index (χ2n) is 4.83. The average molecular weight is 342 g/mol. The SMILES string of the molecule is COc1ccc(CCC(=O)N2CCOC(CBr)C2)cc1. The molecule has 0 saturated carbocycles. The third-order valence-electron chi connectivity index (χ3n) is 3.45. The van der Waals surface area contributed by atoms with Crippen molar-refractivity contribution in [2.45, 2.75) is 18.9 Å². The first kappa shape index (κ1) is 15.3. The van der Waals surface area contributed by atoms with Gasteiger partial charge in [-0.3, -0.25) is 4.79 Å². The van der Waals surface area contributed by atoms with Crippen molar-refractivity contribution in [2.75, 3.05) is 32.1 Å². The molecule has 1 aliphatic heterocycles. The number of carbonyl (C=O) groups is 1. The Morgan fingerprint density at radius 2 is 2.20 bits per heavy atom. The minimum absolute atomic E-state index is 0.119. The summed E-state index contributed by atoms with van der Waals surface area (Å²) in [6.45, 7) is 2.02. The normalized spacial score (nSPS) is 18.9. The van der Waals surface area contributed by atoms with Crippen LogP contribution in [0.25, 0.3) is 0 Å². The lowest BCUT2D eigenvalue weighted by atomic mass is 10.1. The zero-order valence-electron chi connectivity index (χ0n) is 11.7. The molecular formula is C15H20BrNO3. The molecule has 20 heavy (non-hydrogen) atoms. The van der Waals surface area contributed by atoms with Gasteiger partial charge in [-0.2, -0.15) is 0 Å². The largest absolute Gasteiger partial charge is 0.497 e. The number of morpholine rings is 1. The van der Waals surface area contributed by atoms with E-state index >= 15 is 0 Å². The molecule has 2 rings (SSSR count). The van der Waals surface area contributed by atoms with Crippen LogP contribution in [0.15, 0.2) is 24.3 Å². The molecule has 1 aliphatic rings. The Morgan fingerprint density at radius 3 is 2.85 bits per heavy atom. The van der Waals surface area contributed by atoms with Crippen molar-refractivity contribution >= 4 is 21.8 Å². The molecule has 1 heterocycles. The summed E-state index contributed by atoms with van der Waals surface area (Å²) in [5, 5.41) is 0.773. The summed E-state index contributed by atoms with van der Waals surface area (Å²) < 4.78 is 10.7. The van der Waals surface area contributed by atoms with Gasteiger partial charge in [0.05, 0.1) is 19.8 Å². The van der Waals surface area contributed by atoms with Gasteiger partial charge in [-0.1, -0.05) is 28.1 Å². The number of ether oxygens (including phenoxy) is 2. The van der Waals surface area contributed by atoms with Crippen LogP contribution >= 0.6 is 15.9 Å². The van der Waals surface area contributed by atoms with E-state index in [0.717, 1.165) is 23.1 Å². The van der Waals surface area contributed by atoms with Crippen molar-refractivity contribution in [3.8, 4) is 5.75 Å². The minimum atomic E-state index is 0.119. The van der Waals surface area contributed by atoms with Crippen LogP contribution in [0.3, 0.4) is 0 Å². The number of amides is 1. The van der Waals surface area contributed by atoms with Gasteiger partial charge < -0.3 is 14.4 Å². The van der Waals surface area contributed by atoms with Crippen LogP contribution in [0.5, 0.6) is 5.75 Å². The molecular weight excluding hydrogens is 322 g/mol. The summed E-state index contributed by atoms with van der Waals surface area (Å²) in [5.41, 5.74) is 1.16. The van der Waals surface area contributed by atoms with E-state index in [0.29, 0.717) is 26.1 Å². The standard InChI is InChI=1S/C15H20BrNO3/c1-19-13-5-2-12(3-6-13)4-7-15(18)17-8-9-20-14(10-16)11-17/h2-3,5-6,14H,4,7-11H2,1H3. The van der Waals surface area contributed by atoms with E-state index in [-0.39, 0.29) is 12.0 Å². The van der Waals surface area contributed by atoms with E-state index in [4.69, 9.17) is 9.47 Å². The fourth-order valence-corrected chi connectivity index (χ4v) is 2.63. The van der Waals surface area contributed by atoms with E-state index in [2.05, 4.69) is 15.9 Å². The highest BCUT2D eigenvalue weighted by Crippen LogP contribution is 2.14. The van der Waals surface area contributed by atoms with Gasteiger partial charge in [-0.25, -0.2) is 0 Å². The Morgan fingerprint density at radius 1 is 1.45 bits per heavy atom. The number of carbonyl (C=O) groups excluding carboxylic acids is 1. The summed E-state index contributed by atoms with van der Waals surface area (Å²) >= 11 is 3.40.